The first-order chi connectivity index (χ1) is 8.18. The van der Waals surface area contributed by atoms with Gasteiger partial charge in [0.25, 0.3) is 5.91 Å². The Morgan fingerprint density at radius 3 is 2.65 bits per heavy atom. The second-order valence-electron chi connectivity index (χ2n) is 4.03. The van der Waals surface area contributed by atoms with Crippen LogP contribution in [0.3, 0.4) is 0 Å². The molecular formula is C13H16N2O2. The zero-order chi connectivity index (χ0) is 12.3. The third-order valence-corrected chi connectivity index (χ3v) is 2.71. The fourth-order valence-electron chi connectivity index (χ4n) is 1.82. The Morgan fingerprint density at radius 1 is 1.35 bits per heavy atom. The average molecular weight is 232 g/mol. The largest absolute Gasteiger partial charge is 0.469 e. The van der Waals surface area contributed by atoms with Crippen molar-refractivity contribution in [3.05, 3.63) is 47.7 Å². The number of hydrogen-bond donors (Lipinski definition) is 1. The lowest BCUT2D eigenvalue weighted by atomic mass is 10.1. The fourth-order valence-corrected chi connectivity index (χ4v) is 1.82. The van der Waals surface area contributed by atoms with Crippen LogP contribution in [0.25, 0.3) is 0 Å². The van der Waals surface area contributed by atoms with Crippen molar-refractivity contribution in [3.63, 3.8) is 0 Å². The summed E-state index contributed by atoms with van der Waals surface area (Å²) < 4.78 is 7.23. The molecule has 0 radical (unpaired) electrons. The van der Waals surface area contributed by atoms with Crippen molar-refractivity contribution in [2.45, 2.75) is 20.4 Å². The number of carbonyl (C=O) groups excluding carboxylic acids is 1. The van der Waals surface area contributed by atoms with Gasteiger partial charge in [-0.3, -0.25) is 4.79 Å². The number of rotatable bonds is 4. The van der Waals surface area contributed by atoms with Gasteiger partial charge in [0, 0.05) is 31.0 Å². The van der Waals surface area contributed by atoms with Gasteiger partial charge in [0.2, 0.25) is 0 Å². The highest BCUT2D eigenvalue weighted by Crippen LogP contribution is 2.14. The first-order valence-electron chi connectivity index (χ1n) is 5.62. The van der Waals surface area contributed by atoms with Crippen LogP contribution in [0.15, 0.2) is 35.2 Å². The maximum absolute atomic E-state index is 11.9. The van der Waals surface area contributed by atoms with E-state index in [0.29, 0.717) is 17.9 Å². The lowest BCUT2D eigenvalue weighted by Crippen LogP contribution is -2.27. The summed E-state index contributed by atoms with van der Waals surface area (Å²) in [6, 6.07) is 3.93. The zero-order valence-corrected chi connectivity index (χ0v) is 10.1. The van der Waals surface area contributed by atoms with Crippen molar-refractivity contribution in [3.8, 4) is 0 Å². The fraction of sp³-hybridized carbons (Fsp3) is 0.308. The van der Waals surface area contributed by atoms with Crippen LogP contribution in [0, 0.1) is 13.8 Å². The summed E-state index contributed by atoms with van der Waals surface area (Å²) in [5.74, 6) is 0.599. The van der Waals surface area contributed by atoms with Crippen LogP contribution in [0.5, 0.6) is 0 Å². The maximum atomic E-state index is 11.9. The lowest BCUT2D eigenvalue weighted by molar-refractivity contribution is 0.0950. The molecule has 2 rings (SSSR count). The minimum Gasteiger partial charge on any atom is -0.469 e. The zero-order valence-electron chi connectivity index (χ0n) is 10.1. The van der Waals surface area contributed by atoms with Gasteiger partial charge in [-0.2, -0.15) is 0 Å². The van der Waals surface area contributed by atoms with Crippen molar-refractivity contribution in [2.75, 3.05) is 6.54 Å². The van der Waals surface area contributed by atoms with E-state index in [1.165, 1.54) is 0 Å². The van der Waals surface area contributed by atoms with Crippen LogP contribution in [-0.4, -0.2) is 17.0 Å². The summed E-state index contributed by atoms with van der Waals surface area (Å²) in [4.78, 5) is 11.9. The summed E-state index contributed by atoms with van der Waals surface area (Å²) in [7, 11) is 0. The van der Waals surface area contributed by atoms with Crippen LogP contribution in [-0.2, 0) is 6.54 Å². The Morgan fingerprint density at radius 2 is 2.06 bits per heavy atom. The Labute approximate surface area is 100 Å². The Bertz CT molecular complexity index is 478. The number of hydrogen-bond acceptors (Lipinski definition) is 2. The van der Waals surface area contributed by atoms with Crippen LogP contribution in [0.4, 0.5) is 0 Å². The Balaban J connectivity index is 1.90. The Kier molecular flexibility index (Phi) is 3.32. The molecule has 0 spiro atoms. The van der Waals surface area contributed by atoms with Gasteiger partial charge in [0.05, 0.1) is 11.8 Å². The number of aromatic nitrogens is 1. The smallest absolute Gasteiger partial charge is 0.255 e. The molecule has 0 aliphatic carbocycles. The molecule has 0 aliphatic rings. The summed E-state index contributed by atoms with van der Waals surface area (Å²) in [5.41, 5.74) is 1.53. The standard InChI is InChI=1S/C13H16N2O2/c1-10-9-17-11(2)12(10)13(16)14-5-8-15-6-3-4-7-15/h3-4,6-7,9H,5,8H2,1-2H3,(H,14,16). The van der Waals surface area contributed by atoms with E-state index < -0.39 is 0 Å². The van der Waals surface area contributed by atoms with E-state index in [0.717, 1.165) is 12.1 Å². The molecule has 0 aromatic carbocycles. The predicted octanol–water partition coefficient (Wildman–Crippen LogP) is 2.13. The van der Waals surface area contributed by atoms with Gasteiger partial charge in [-0.15, -0.1) is 0 Å². The molecule has 2 aromatic heterocycles. The number of nitrogens with one attached hydrogen (secondary N) is 1. The lowest BCUT2D eigenvalue weighted by Gasteiger charge is -2.06. The van der Waals surface area contributed by atoms with E-state index in [1.807, 2.05) is 36.0 Å². The molecule has 1 amide bonds. The molecule has 17 heavy (non-hydrogen) atoms. The number of nitrogens with zero attached hydrogens (tertiary/aromatic N) is 1. The molecule has 0 unspecified atom stereocenters. The van der Waals surface area contributed by atoms with Crippen molar-refractivity contribution >= 4 is 5.91 Å². The SMILES string of the molecule is Cc1coc(C)c1C(=O)NCCn1cccc1. The highest BCUT2D eigenvalue weighted by Gasteiger charge is 2.14. The summed E-state index contributed by atoms with van der Waals surface area (Å²) in [6.45, 7) is 5.05. The molecule has 4 heteroatoms. The third kappa shape index (κ3) is 2.58. The first kappa shape index (κ1) is 11.5. The number of carbonyl (C=O) groups is 1. The van der Waals surface area contributed by atoms with Crippen molar-refractivity contribution in [1.29, 1.82) is 0 Å². The maximum Gasteiger partial charge on any atom is 0.255 e. The Hall–Kier alpha value is -1.97. The van der Waals surface area contributed by atoms with Gasteiger partial charge in [-0.05, 0) is 26.0 Å². The first-order valence-corrected chi connectivity index (χ1v) is 5.62. The van der Waals surface area contributed by atoms with E-state index in [1.54, 1.807) is 13.2 Å². The molecule has 1 N–H and O–H groups in total. The van der Waals surface area contributed by atoms with Crippen LogP contribution >= 0.6 is 0 Å². The van der Waals surface area contributed by atoms with Gasteiger partial charge in [-0.25, -0.2) is 0 Å². The monoisotopic (exact) mass is 232 g/mol. The van der Waals surface area contributed by atoms with Crippen molar-refractivity contribution < 1.29 is 9.21 Å². The minimum atomic E-state index is -0.0686. The highest BCUT2D eigenvalue weighted by molar-refractivity contribution is 5.96. The van der Waals surface area contributed by atoms with Crippen molar-refractivity contribution in [2.24, 2.45) is 0 Å². The van der Waals surface area contributed by atoms with E-state index in [-0.39, 0.29) is 5.91 Å². The molecule has 0 fully saturated rings. The van der Waals surface area contributed by atoms with Crippen LogP contribution in [0.2, 0.25) is 0 Å². The second-order valence-corrected chi connectivity index (χ2v) is 4.03. The van der Waals surface area contributed by atoms with Gasteiger partial charge in [0.1, 0.15) is 5.76 Å². The number of aryl methyl sites for hydroxylation is 2. The molecular weight excluding hydrogens is 216 g/mol. The number of amides is 1. The summed E-state index contributed by atoms with van der Waals surface area (Å²) >= 11 is 0. The van der Waals surface area contributed by atoms with E-state index in [9.17, 15) is 4.79 Å². The molecule has 4 nitrogen and oxygen atoms in total. The van der Waals surface area contributed by atoms with E-state index in [4.69, 9.17) is 4.42 Å². The van der Waals surface area contributed by atoms with E-state index in [2.05, 4.69) is 5.32 Å². The molecule has 0 saturated heterocycles. The highest BCUT2D eigenvalue weighted by atomic mass is 16.3. The molecule has 2 heterocycles. The molecule has 0 atom stereocenters. The van der Waals surface area contributed by atoms with E-state index >= 15 is 0 Å². The topological polar surface area (TPSA) is 47.2 Å². The average Bonchev–Trinajstić information content (AvgIpc) is 2.89. The molecule has 2 aromatic rings. The molecule has 0 bridgehead atoms. The molecule has 0 saturated carbocycles. The van der Waals surface area contributed by atoms with Gasteiger partial charge in [0.15, 0.2) is 0 Å². The predicted molar refractivity (Wildman–Crippen MR) is 64.9 cm³/mol. The van der Waals surface area contributed by atoms with Crippen molar-refractivity contribution in [1.82, 2.24) is 9.88 Å². The van der Waals surface area contributed by atoms with Crippen LogP contribution < -0.4 is 5.32 Å². The van der Waals surface area contributed by atoms with Gasteiger partial charge >= 0.3 is 0 Å². The quantitative estimate of drug-likeness (QED) is 0.877. The molecule has 0 aliphatic heterocycles. The normalized spacial score (nSPS) is 10.5. The van der Waals surface area contributed by atoms with Gasteiger partial charge < -0.3 is 14.3 Å². The second kappa shape index (κ2) is 4.91. The molecule has 90 valence electrons. The summed E-state index contributed by atoms with van der Waals surface area (Å²) in [5, 5.41) is 2.89. The van der Waals surface area contributed by atoms with Crippen LogP contribution in [0.1, 0.15) is 21.7 Å². The summed E-state index contributed by atoms with van der Waals surface area (Å²) in [6.07, 6.45) is 5.55. The van der Waals surface area contributed by atoms with Gasteiger partial charge in [-0.1, -0.05) is 0 Å². The third-order valence-electron chi connectivity index (χ3n) is 2.71. The number of furan rings is 1. The minimum absolute atomic E-state index is 0.0686.